The van der Waals surface area contributed by atoms with Gasteiger partial charge in [-0.1, -0.05) is 0 Å². The fourth-order valence-electron chi connectivity index (χ4n) is 3.19. The number of ether oxygens (including phenoxy) is 1. The van der Waals surface area contributed by atoms with E-state index in [1.165, 1.54) is 61.5 Å². The largest absolute Gasteiger partial charge is 0.497 e. The molecule has 1 unspecified atom stereocenters. The predicted octanol–water partition coefficient (Wildman–Crippen LogP) is 1.29. The molecule has 3 rings (SSSR count). The Kier molecular flexibility index (Phi) is 6.16. The lowest BCUT2D eigenvalue weighted by molar-refractivity contribution is -0.141. The highest BCUT2D eigenvalue weighted by Crippen LogP contribution is 2.28. The number of methoxy groups -OCH3 is 1. The van der Waals surface area contributed by atoms with E-state index >= 15 is 0 Å². The summed E-state index contributed by atoms with van der Waals surface area (Å²) in [6.07, 6.45) is -0.101. The van der Waals surface area contributed by atoms with Crippen LogP contribution in [0.4, 0.5) is 11.4 Å². The average molecular weight is 447 g/mol. The molecule has 0 aliphatic carbocycles. The third-order valence-corrected chi connectivity index (χ3v) is 6.26. The Morgan fingerprint density at radius 3 is 2.39 bits per heavy atom. The molecule has 0 bridgehead atoms. The second kappa shape index (κ2) is 8.64. The van der Waals surface area contributed by atoms with Crippen LogP contribution < -0.4 is 19.7 Å². The molecule has 3 N–H and O–H groups in total. The first kappa shape index (κ1) is 22.1. The van der Waals surface area contributed by atoms with Crippen LogP contribution in [0.2, 0.25) is 0 Å². The van der Waals surface area contributed by atoms with Crippen LogP contribution in [0.25, 0.3) is 0 Å². The van der Waals surface area contributed by atoms with E-state index < -0.39 is 27.8 Å². The van der Waals surface area contributed by atoms with Gasteiger partial charge in [0.25, 0.3) is 15.9 Å². The van der Waals surface area contributed by atoms with Gasteiger partial charge in [0.05, 0.1) is 29.2 Å². The van der Waals surface area contributed by atoms with Crippen LogP contribution in [0.1, 0.15) is 16.8 Å². The van der Waals surface area contributed by atoms with E-state index in [9.17, 15) is 22.8 Å². The zero-order chi connectivity index (χ0) is 22.8. The standard InChI is InChI=1S/C20H21N3O7S/c1-21-19(25)16-10-14(30-2)5-8-17(16)22-31(28,29)15-6-3-13(4-7-15)23-11-12(20(26)27)9-18(23)24/h3-8,10,12,22H,9,11H2,1-2H3,(H,21,25)(H,26,27). The number of sulfonamides is 1. The van der Waals surface area contributed by atoms with Crippen LogP contribution >= 0.6 is 0 Å². The second-order valence-electron chi connectivity index (χ2n) is 6.83. The number of carboxylic acid groups (broad SMARTS) is 1. The summed E-state index contributed by atoms with van der Waals surface area (Å²) in [5.41, 5.74) is 0.566. The van der Waals surface area contributed by atoms with Crippen LogP contribution in [0, 0.1) is 5.92 Å². The molecule has 0 radical (unpaired) electrons. The number of hydrogen-bond acceptors (Lipinski definition) is 6. The smallest absolute Gasteiger partial charge is 0.308 e. The van der Waals surface area contributed by atoms with E-state index in [0.29, 0.717) is 11.4 Å². The molecule has 11 heteroatoms. The molecule has 164 valence electrons. The lowest BCUT2D eigenvalue weighted by Gasteiger charge is -2.17. The number of nitrogens with zero attached hydrogens (tertiary/aromatic N) is 1. The maximum absolute atomic E-state index is 12.8. The lowest BCUT2D eigenvalue weighted by Crippen LogP contribution is -2.25. The third kappa shape index (κ3) is 4.61. The van der Waals surface area contributed by atoms with E-state index in [-0.39, 0.29) is 35.0 Å². The molecule has 31 heavy (non-hydrogen) atoms. The third-order valence-electron chi connectivity index (χ3n) is 4.88. The van der Waals surface area contributed by atoms with Gasteiger partial charge in [-0.2, -0.15) is 0 Å². The molecular weight excluding hydrogens is 426 g/mol. The molecule has 0 spiro atoms. The van der Waals surface area contributed by atoms with Crippen molar-refractivity contribution in [2.75, 3.05) is 30.3 Å². The first-order valence-electron chi connectivity index (χ1n) is 9.22. The molecule has 0 saturated carbocycles. The van der Waals surface area contributed by atoms with Gasteiger partial charge in [0.2, 0.25) is 5.91 Å². The van der Waals surface area contributed by atoms with E-state index in [1.54, 1.807) is 0 Å². The number of nitrogens with one attached hydrogen (secondary N) is 2. The monoisotopic (exact) mass is 447 g/mol. The molecule has 10 nitrogen and oxygen atoms in total. The summed E-state index contributed by atoms with van der Waals surface area (Å²) in [4.78, 5) is 36.6. The van der Waals surface area contributed by atoms with Crippen molar-refractivity contribution in [1.29, 1.82) is 0 Å². The molecule has 1 saturated heterocycles. The van der Waals surface area contributed by atoms with Crippen molar-refractivity contribution < 1.29 is 32.6 Å². The van der Waals surface area contributed by atoms with Crippen molar-refractivity contribution in [1.82, 2.24) is 5.32 Å². The summed E-state index contributed by atoms with van der Waals surface area (Å²) < 4.78 is 33.1. The molecule has 0 aromatic heterocycles. The van der Waals surface area contributed by atoms with Gasteiger partial charge in [-0.3, -0.25) is 19.1 Å². The van der Waals surface area contributed by atoms with Gasteiger partial charge in [-0.25, -0.2) is 8.42 Å². The van der Waals surface area contributed by atoms with Gasteiger partial charge in [-0.15, -0.1) is 0 Å². The minimum absolute atomic E-state index is 0.0276. The molecule has 1 aliphatic heterocycles. The minimum atomic E-state index is -4.04. The molecule has 1 aliphatic rings. The van der Waals surface area contributed by atoms with Gasteiger partial charge in [0.1, 0.15) is 5.75 Å². The number of anilines is 2. The van der Waals surface area contributed by atoms with Crippen LogP contribution in [0.5, 0.6) is 5.75 Å². The van der Waals surface area contributed by atoms with Crippen LogP contribution in [0.15, 0.2) is 47.4 Å². The normalized spacial score (nSPS) is 16.1. The van der Waals surface area contributed by atoms with E-state index in [4.69, 9.17) is 9.84 Å². The van der Waals surface area contributed by atoms with Crippen LogP contribution in [0.3, 0.4) is 0 Å². The quantitative estimate of drug-likeness (QED) is 0.580. The Hall–Kier alpha value is -3.60. The molecule has 2 aromatic rings. The van der Waals surface area contributed by atoms with Gasteiger partial charge in [0.15, 0.2) is 0 Å². The maximum Gasteiger partial charge on any atom is 0.308 e. The molecular formula is C20H21N3O7S. The highest BCUT2D eigenvalue weighted by Gasteiger charge is 2.35. The number of carboxylic acids is 1. The maximum atomic E-state index is 12.8. The summed E-state index contributed by atoms with van der Waals surface area (Å²) >= 11 is 0. The number of aliphatic carboxylic acids is 1. The summed E-state index contributed by atoms with van der Waals surface area (Å²) in [6.45, 7) is 0.0276. The van der Waals surface area contributed by atoms with Gasteiger partial charge < -0.3 is 20.1 Å². The molecule has 1 fully saturated rings. The molecule has 2 aromatic carbocycles. The minimum Gasteiger partial charge on any atom is -0.497 e. The summed E-state index contributed by atoms with van der Waals surface area (Å²) in [5.74, 6) is -2.29. The summed E-state index contributed by atoms with van der Waals surface area (Å²) in [6, 6.07) is 9.84. The van der Waals surface area contributed by atoms with Crippen molar-refractivity contribution >= 4 is 39.2 Å². The van der Waals surface area contributed by atoms with Crippen molar-refractivity contribution in [2.24, 2.45) is 5.92 Å². The number of carbonyl (C=O) groups is 3. The number of rotatable bonds is 7. The van der Waals surface area contributed by atoms with Crippen LogP contribution in [-0.4, -0.2) is 52.0 Å². The zero-order valence-corrected chi connectivity index (χ0v) is 17.6. The highest BCUT2D eigenvalue weighted by atomic mass is 32.2. The predicted molar refractivity (Wildman–Crippen MR) is 112 cm³/mol. The Morgan fingerprint density at radius 2 is 1.84 bits per heavy atom. The fraction of sp³-hybridized carbons (Fsp3) is 0.250. The highest BCUT2D eigenvalue weighted by molar-refractivity contribution is 7.92. The first-order chi connectivity index (χ1) is 14.7. The number of amides is 2. The topological polar surface area (TPSA) is 142 Å². The van der Waals surface area contributed by atoms with Crippen molar-refractivity contribution in [3.63, 3.8) is 0 Å². The molecule has 2 amide bonds. The van der Waals surface area contributed by atoms with Crippen molar-refractivity contribution in [3.8, 4) is 5.75 Å². The van der Waals surface area contributed by atoms with Crippen LogP contribution in [-0.2, 0) is 19.6 Å². The van der Waals surface area contributed by atoms with Gasteiger partial charge in [0, 0.05) is 25.7 Å². The summed E-state index contributed by atoms with van der Waals surface area (Å²) in [5, 5.41) is 11.5. The Bertz CT molecular complexity index is 1130. The lowest BCUT2D eigenvalue weighted by atomic mass is 10.1. The molecule has 1 atom stereocenters. The SMILES string of the molecule is CNC(=O)c1cc(OC)ccc1NS(=O)(=O)c1ccc(N2CC(C(=O)O)CC2=O)cc1. The summed E-state index contributed by atoms with van der Waals surface area (Å²) in [7, 11) is -1.19. The Labute approximate surface area is 178 Å². The van der Waals surface area contributed by atoms with Gasteiger partial charge >= 0.3 is 5.97 Å². The Morgan fingerprint density at radius 1 is 1.16 bits per heavy atom. The first-order valence-corrected chi connectivity index (χ1v) is 10.7. The second-order valence-corrected chi connectivity index (χ2v) is 8.52. The van der Waals surface area contributed by atoms with Gasteiger partial charge in [-0.05, 0) is 42.5 Å². The number of hydrogen-bond donors (Lipinski definition) is 3. The van der Waals surface area contributed by atoms with Crippen molar-refractivity contribution in [3.05, 3.63) is 48.0 Å². The molecule has 1 heterocycles. The van der Waals surface area contributed by atoms with E-state index in [1.807, 2.05) is 0 Å². The van der Waals surface area contributed by atoms with Crippen molar-refractivity contribution in [2.45, 2.75) is 11.3 Å². The number of benzene rings is 2. The van der Waals surface area contributed by atoms with E-state index in [0.717, 1.165) is 0 Å². The number of carbonyl (C=O) groups excluding carboxylic acids is 2. The Balaban J connectivity index is 1.85. The fourth-order valence-corrected chi connectivity index (χ4v) is 4.27. The zero-order valence-electron chi connectivity index (χ0n) is 16.8. The average Bonchev–Trinajstić information content (AvgIpc) is 3.15. The van der Waals surface area contributed by atoms with E-state index in [2.05, 4.69) is 10.0 Å².